The van der Waals surface area contributed by atoms with Crippen LogP contribution in [0.5, 0.6) is 11.5 Å². The molecule has 9 heteroatoms. The highest BCUT2D eigenvalue weighted by Crippen LogP contribution is 2.29. The Balaban J connectivity index is 1.96. The van der Waals surface area contributed by atoms with Crippen LogP contribution in [-0.2, 0) is 16.0 Å². The lowest BCUT2D eigenvalue weighted by molar-refractivity contribution is -0.115. The number of hydrogen-bond donors (Lipinski definition) is 2. The molecular weight excluding hydrogens is 346 g/mol. The van der Waals surface area contributed by atoms with E-state index < -0.39 is 6.09 Å². The number of ether oxygens (including phenoxy) is 3. The summed E-state index contributed by atoms with van der Waals surface area (Å²) in [5.74, 6) is 0.871. The zero-order valence-corrected chi connectivity index (χ0v) is 14.9. The van der Waals surface area contributed by atoms with E-state index in [9.17, 15) is 9.59 Å². The standard InChI is InChI=1S/C16H19N3O5S/c1-4-24-16(21)19-15-17-10(9-25-15)7-14(20)18-12-6-5-11(22-2)8-13(12)23-3/h5-6,8-9H,4,7H2,1-3H3,(H,18,20)(H,17,19,21). The molecule has 0 radical (unpaired) electrons. The number of benzene rings is 1. The molecule has 0 aliphatic carbocycles. The van der Waals surface area contributed by atoms with Crippen LogP contribution in [0, 0.1) is 0 Å². The summed E-state index contributed by atoms with van der Waals surface area (Å²) in [4.78, 5) is 27.7. The van der Waals surface area contributed by atoms with Gasteiger partial charge in [0.1, 0.15) is 11.5 Å². The van der Waals surface area contributed by atoms with Gasteiger partial charge in [0.05, 0.1) is 38.6 Å². The summed E-state index contributed by atoms with van der Waals surface area (Å²) in [6.07, 6.45) is -0.508. The molecule has 134 valence electrons. The van der Waals surface area contributed by atoms with Gasteiger partial charge in [0.15, 0.2) is 5.13 Å². The van der Waals surface area contributed by atoms with Crippen molar-refractivity contribution < 1.29 is 23.8 Å². The van der Waals surface area contributed by atoms with Gasteiger partial charge in [-0.3, -0.25) is 10.1 Å². The smallest absolute Gasteiger partial charge is 0.413 e. The lowest BCUT2D eigenvalue weighted by Gasteiger charge is -2.11. The first-order chi connectivity index (χ1) is 12.0. The van der Waals surface area contributed by atoms with Gasteiger partial charge < -0.3 is 19.5 Å². The Labute approximate surface area is 149 Å². The van der Waals surface area contributed by atoms with Crippen molar-refractivity contribution >= 4 is 34.2 Å². The largest absolute Gasteiger partial charge is 0.497 e. The molecule has 0 saturated carbocycles. The first kappa shape index (κ1) is 18.5. The summed E-state index contributed by atoms with van der Waals surface area (Å²) in [7, 11) is 3.06. The van der Waals surface area contributed by atoms with Crippen LogP contribution < -0.4 is 20.1 Å². The molecule has 1 heterocycles. The first-order valence-electron chi connectivity index (χ1n) is 7.45. The van der Waals surface area contributed by atoms with Crippen LogP contribution >= 0.6 is 11.3 Å². The van der Waals surface area contributed by atoms with Crippen molar-refractivity contribution in [3.8, 4) is 11.5 Å². The second kappa shape index (κ2) is 8.88. The van der Waals surface area contributed by atoms with Crippen molar-refractivity contribution in [2.75, 3.05) is 31.5 Å². The van der Waals surface area contributed by atoms with Crippen LogP contribution in [-0.4, -0.2) is 37.8 Å². The molecule has 2 amide bonds. The van der Waals surface area contributed by atoms with E-state index in [1.165, 1.54) is 18.4 Å². The quantitative estimate of drug-likeness (QED) is 0.783. The number of nitrogens with zero attached hydrogens (tertiary/aromatic N) is 1. The Morgan fingerprint density at radius 2 is 2.00 bits per heavy atom. The summed E-state index contributed by atoms with van der Waals surface area (Å²) in [5.41, 5.74) is 1.08. The van der Waals surface area contributed by atoms with Crippen molar-refractivity contribution in [3.63, 3.8) is 0 Å². The van der Waals surface area contributed by atoms with E-state index in [1.54, 1.807) is 37.6 Å². The van der Waals surface area contributed by atoms with Gasteiger partial charge in [-0.15, -0.1) is 11.3 Å². The fourth-order valence-corrected chi connectivity index (χ4v) is 2.66. The van der Waals surface area contributed by atoms with Gasteiger partial charge in [0, 0.05) is 11.4 Å². The zero-order chi connectivity index (χ0) is 18.2. The van der Waals surface area contributed by atoms with Gasteiger partial charge in [0.2, 0.25) is 5.91 Å². The predicted molar refractivity (Wildman–Crippen MR) is 94.6 cm³/mol. The maximum Gasteiger partial charge on any atom is 0.413 e. The lowest BCUT2D eigenvalue weighted by atomic mass is 10.2. The summed E-state index contributed by atoms with van der Waals surface area (Å²) in [5, 5.41) is 7.34. The molecule has 0 atom stereocenters. The number of hydrogen-bond acceptors (Lipinski definition) is 7. The summed E-state index contributed by atoms with van der Waals surface area (Å²) in [6.45, 7) is 1.99. The second-order valence-corrected chi connectivity index (χ2v) is 5.64. The van der Waals surface area contributed by atoms with Crippen molar-refractivity contribution in [1.29, 1.82) is 0 Å². The molecule has 0 aliphatic heterocycles. The molecule has 25 heavy (non-hydrogen) atoms. The third-order valence-electron chi connectivity index (χ3n) is 3.06. The van der Waals surface area contributed by atoms with Gasteiger partial charge >= 0.3 is 6.09 Å². The van der Waals surface area contributed by atoms with Gasteiger partial charge in [-0.2, -0.15) is 0 Å². The summed E-state index contributed by atoms with van der Waals surface area (Å²) < 4.78 is 15.1. The van der Waals surface area contributed by atoms with E-state index in [1.807, 2.05) is 0 Å². The van der Waals surface area contributed by atoms with Crippen LogP contribution in [0.4, 0.5) is 15.6 Å². The van der Waals surface area contributed by atoms with Crippen LogP contribution in [0.25, 0.3) is 0 Å². The number of carbonyl (C=O) groups is 2. The Hall–Kier alpha value is -2.81. The average Bonchev–Trinajstić information content (AvgIpc) is 3.01. The zero-order valence-electron chi connectivity index (χ0n) is 14.1. The molecule has 0 spiro atoms. The first-order valence-corrected chi connectivity index (χ1v) is 8.33. The normalized spacial score (nSPS) is 10.0. The van der Waals surface area contributed by atoms with Gasteiger partial charge in [-0.05, 0) is 19.1 Å². The van der Waals surface area contributed by atoms with Crippen LogP contribution in [0.15, 0.2) is 23.6 Å². The maximum atomic E-state index is 12.2. The summed E-state index contributed by atoms with van der Waals surface area (Å²) >= 11 is 1.22. The third kappa shape index (κ3) is 5.35. The number of amides is 2. The maximum absolute atomic E-state index is 12.2. The fraction of sp³-hybridized carbons (Fsp3) is 0.312. The van der Waals surface area contributed by atoms with Crippen LogP contribution in [0.2, 0.25) is 0 Å². The molecule has 1 aromatic carbocycles. The number of rotatable bonds is 7. The molecule has 2 rings (SSSR count). The molecule has 0 bridgehead atoms. The van der Waals surface area contributed by atoms with Crippen molar-refractivity contribution in [3.05, 3.63) is 29.3 Å². The van der Waals surface area contributed by atoms with E-state index in [0.717, 1.165) is 0 Å². The number of aromatic nitrogens is 1. The number of anilines is 2. The average molecular weight is 365 g/mol. The van der Waals surface area contributed by atoms with E-state index in [2.05, 4.69) is 15.6 Å². The number of thiazole rings is 1. The Bertz CT molecular complexity index is 747. The molecule has 0 saturated heterocycles. The number of carbonyl (C=O) groups excluding carboxylic acids is 2. The van der Waals surface area contributed by atoms with Crippen LogP contribution in [0.3, 0.4) is 0 Å². The lowest BCUT2D eigenvalue weighted by Crippen LogP contribution is -2.16. The highest BCUT2D eigenvalue weighted by molar-refractivity contribution is 7.13. The van der Waals surface area contributed by atoms with E-state index in [0.29, 0.717) is 28.0 Å². The Kier molecular flexibility index (Phi) is 6.58. The molecular formula is C16H19N3O5S. The van der Waals surface area contributed by atoms with Gasteiger partial charge in [-0.25, -0.2) is 9.78 Å². The second-order valence-electron chi connectivity index (χ2n) is 4.78. The summed E-state index contributed by atoms with van der Waals surface area (Å²) in [6, 6.07) is 5.10. The molecule has 2 N–H and O–H groups in total. The Morgan fingerprint density at radius 1 is 1.20 bits per heavy atom. The van der Waals surface area contributed by atoms with Gasteiger partial charge in [0.25, 0.3) is 0 Å². The van der Waals surface area contributed by atoms with Crippen LogP contribution in [0.1, 0.15) is 12.6 Å². The highest BCUT2D eigenvalue weighted by atomic mass is 32.1. The minimum atomic E-state index is -0.573. The van der Waals surface area contributed by atoms with Crippen molar-refractivity contribution in [2.45, 2.75) is 13.3 Å². The number of nitrogens with one attached hydrogen (secondary N) is 2. The minimum Gasteiger partial charge on any atom is -0.497 e. The predicted octanol–water partition coefficient (Wildman–Crippen LogP) is 2.91. The monoisotopic (exact) mass is 365 g/mol. The fourth-order valence-electron chi connectivity index (χ4n) is 1.96. The molecule has 1 aromatic heterocycles. The molecule has 0 fully saturated rings. The molecule has 2 aromatic rings. The van der Waals surface area contributed by atoms with Gasteiger partial charge in [-0.1, -0.05) is 0 Å². The SMILES string of the molecule is CCOC(=O)Nc1nc(CC(=O)Nc2ccc(OC)cc2OC)cs1. The molecule has 0 aliphatic rings. The molecule has 0 unspecified atom stereocenters. The van der Waals surface area contributed by atoms with E-state index >= 15 is 0 Å². The van der Waals surface area contributed by atoms with Crippen molar-refractivity contribution in [2.24, 2.45) is 0 Å². The van der Waals surface area contributed by atoms with E-state index in [4.69, 9.17) is 14.2 Å². The molecule has 8 nitrogen and oxygen atoms in total. The van der Waals surface area contributed by atoms with Crippen molar-refractivity contribution in [1.82, 2.24) is 4.98 Å². The van der Waals surface area contributed by atoms with E-state index in [-0.39, 0.29) is 18.9 Å². The number of methoxy groups -OCH3 is 2. The highest BCUT2D eigenvalue weighted by Gasteiger charge is 2.12. The Morgan fingerprint density at radius 3 is 2.68 bits per heavy atom. The third-order valence-corrected chi connectivity index (χ3v) is 3.87. The minimum absolute atomic E-state index is 0.0657. The topological polar surface area (TPSA) is 98.8 Å².